The topological polar surface area (TPSA) is 67.4 Å². The third-order valence-electron chi connectivity index (χ3n) is 1.94. The maximum absolute atomic E-state index is 12.8. The Bertz CT molecular complexity index is 502. The van der Waals surface area contributed by atoms with Gasteiger partial charge >= 0.3 is 18.0 Å². The maximum atomic E-state index is 12.8. The Balaban J connectivity index is 3.02. The quantitative estimate of drug-likeness (QED) is 0.489. The molecule has 2 amide bonds. The van der Waals surface area contributed by atoms with Gasteiger partial charge in [-0.2, -0.15) is 13.2 Å². The van der Waals surface area contributed by atoms with Gasteiger partial charge in [0.05, 0.1) is 18.4 Å². The fourth-order valence-corrected chi connectivity index (χ4v) is 1.18. The molecule has 0 unspecified atom stereocenters. The van der Waals surface area contributed by atoms with Crippen molar-refractivity contribution < 1.29 is 32.0 Å². The molecule has 2 N–H and O–H groups in total. The van der Waals surface area contributed by atoms with Crippen LogP contribution < -0.4 is 10.8 Å². The first kappa shape index (κ1) is 14.9. The van der Waals surface area contributed by atoms with Crippen LogP contribution in [-0.4, -0.2) is 18.9 Å². The van der Waals surface area contributed by atoms with Gasteiger partial charge < -0.3 is 5.32 Å². The molecule has 0 atom stereocenters. The second-order valence-corrected chi connectivity index (χ2v) is 3.28. The van der Waals surface area contributed by atoms with Crippen molar-refractivity contribution in [1.82, 2.24) is 5.48 Å². The summed E-state index contributed by atoms with van der Waals surface area (Å²) in [5.74, 6) is -3.79. The molecule has 0 heterocycles. The molecular weight excluding hydrogens is 272 g/mol. The van der Waals surface area contributed by atoms with Gasteiger partial charge in [-0.05, 0) is 18.2 Å². The van der Waals surface area contributed by atoms with E-state index in [0.29, 0.717) is 6.07 Å². The van der Waals surface area contributed by atoms with E-state index >= 15 is 0 Å². The zero-order valence-corrected chi connectivity index (χ0v) is 9.47. The summed E-state index contributed by atoms with van der Waals surface area (Å²) in [4.78, 5) is 26.3. The number of alkyl halides is 3. The summed E-state index contributed by atoms with van der Waals surface area (Å²) in [7, 11) is 1.05. The fourth-order valence-electron chi connectivity index (χ4n) is 1.18. The summed E-state index contributed by atoms with van der Waals surface area (Å²) in [6, 6.07) is 1.64. The first-order chi connectivity index (χ1) is 8.75. The van der Waals surface area contributed by atoms with E-state index in [2.05, 4.69) is 4.84 Å². The lowest BCUT2D eigenvalue weighted by Gasteiger charge is -2.13. The van der Waals surface area contributed by atoms with Crippen molar-refractivity contribution in [2.45, 2.75) is 6.18 Å². The van der Waals surface area contributed by atoms with Crippen LogP contribution in [0.25, 0.3) is 0 Å². The van der Waals surface area contributed by atoms with Gasteiger partial charge in [0, 0.05) is 0 Å². The number of rotatable bonds is 2. The predicted octanol–water partition coefficient (Wildman–Crippen LogP) is 1.46. The van der Waals surface area contributed by atoms with Crippen molar-refractivity contribution in [1.29, 1.82) is 0 Å². The van der Waals surface area contributed by atoms with E-state index in [-0.39, 0.29) is 6.07 Å². The SMILES string of the molecule is CONC(=O)C(=O)Nc1ccc(F)cc1C(F)(F)F. The van der Waals surface area contributed by atoms with Gasteiger partial charge in [-0.25, -0.2) is 9.87 Å². The largest absolute Gasteiger partial charge is 0.418 e. The standard InChI is InChI=1S/C10H8F4N2O3/c1-19-16-9(18)8(17)15-7-3-2-5(11)4-6(7)10(12,13)14/h2-4H,1H3,(H,15,17)(H,16,18). The van der Waals surface area contributed by atoms with Crippen molar-refractivity contribution in [3.8, 4) is 0 Å². The summed E-state index contributed by atoms with van der Waals surface area (Å²) in [5, 5.41) is 1.71. The van der Waals surface area contributed by atoms with Crippen LogP contribution in [0.4, 0.5) is 23.2 Å². The van der Waals surface area contributed by atoms with Gasteiger partial charge in [-0.1, -0.05) is 0 Å². The van der Waals surface area contributed by atoms with Gasteiger partial charge in [0.1, 0.15) is 5.82 Å². The third kappa shape index (κ3) is 3.91. The molecule has 0 aliphatic heterocycles. The summed E-state index contributed by atoms with van der Waals surface area (Å²) in [6.45, 7) is 0. The minimum absolute atomic E-state index is 0.212. The Kier molecular flexibility index (Phi) is 4.43. The van der Waals surface area contributed by atoms with Crippen LogP contribution in [0.5, 0.6) is 0 Å². The maximum Gasteiger partial charge on any atom is 0.418 e. The van der Waals surface area contributed by atoms with E-state index in [1.807, 2.05) is 0 Å². The minimum Gasteiger partial charge on any atom is -0.317 e. The van der Waals surface area contributed by atoms with Gasteiger partial charge in [-0.15, -0.1) is 0 Å². The van der Waals surface area contributed by atoms with Crippen LogP contribution in [0.2, 0.25) is 0 Å². The number of hydroxylamine groups is 1. The van der Waals surface area contributed by atoms with E-state index in [1.165, 1.54) is 0 Å². The molecule has 0 saturated carbocycles. The van der Waals surface area contributed by atoms with Gasteiger partial charge in [0.2, 0.25) is 0 Å². The molecule has 1 rings (SSSR count). The summed E-state index contributed by atoms with van der Waals surface area (Å²) in [5.41, 5.74) is -0.500. The zero-order valence-electron chi connectivity index (χ0n) is 9.47. The number of carbonyl (C=O) groups excluding carboxylic acids is 2. The second kappa shape index (κ2) is 5.65. The lowest BCUT2D eigenvalue weighted by atomic mass is 10.1. The Morgan fingerprint density at radius 1 is 1.21 bits per heavy atom. The highest BCUT2D eigenvalue weighted by Gasteiger charge is 2.34. The lowest BCUT2D eigenvalue weighted by Crippen LogP contribution is -2.35. The smallest absolute Gasteiger partial charge is 0.317 e. The van der Waals surface area contributed by atoms with Crippen molar-refractivity contribution in [2.24, 2.45) is 0 Å². The average Bonchev–Trinajstić information content (AvgIpc) is 2.30. The number of amides is 2. The summed E-state index contributed by atoms with van der Waals surface area (Å²) in [6.07, 6.45) is -4.87. The molecule has 5 nitrogen and oxygen atoms in total. The summed E-state index contributed by atoms with van der Waals surface area (Å²) < 4.78 is 50.5. The van der Waals surface area contributed by atoms with Crippen LogP contribution in [-0.2, 0) is 20.6 Å². The fraction of sp³-hybridized carbons (Fsp3) is 0.200. The number of hydrogen-bond acceptors (Lipinski definition) is 3. The predicted molar refractivity (Wildman–Crippen MR) is 55.2 cm³/mol. The van der Waals surface area contributed by atoms with Gasteiger partial charge in [-0.3, -0.25) is 14.4 Å². The van der Waals surface area contributed by atoms with E-state index in [9.17, 15) is 27.2 Å². The van der Waals surface area contributed by atoms with Crippen molar-refractivity contribution in [3.05, 3.63) is 29.6 Å². The van der Waals surface area contributed by atoms with E-state index in [4.69, 9.17) is 0 Å². The molecule has 0 fully saturated rings. The first-order valence-electron chi connectivity index (χ1n) is 4.76. The van der Waals surface area contributed by atoms with Crippen LogP contribution in [0.15, 0.2) is 18.2 Å². The van der Waals surface area contributed by atoms with E-state index in [0.717, 1.165) is 13.2 Å². The minimum atomic E-state index is -4.87. The van der Waals surface area contributed by atoms with Gasteiger partial charge in [0.15, 0.2) is 0 Å². The molecule has 0 spiro atoms. The van der Waals surface area contributed by atoms with Crippen molar-refractivity contribution in [2.75, 3.05) is 12.4 Å². The summed E-state index contributed by atoms with van der Waals surface area (Å²) >= 11 is 0. The Morgan fingerprint density at radius 2 is 1.84 bits per heavy atom. The Hall–Kier alpha value is -2.16. The Morgan fingerprint density at radius 3 is 2.37 bits per heavy atom. The number of halogens is 4. The van der Waals surface area contributed by atoms with Crippen molar-refractivity contribution >= 4 is 17.5 Å². The zero-order chi connectivity index (χ0) is 14.6. The highest BCUT2D eigenvalue weighted by molar-refractivity contribution is 6.39. The number of benzene rings is 1. The average molecular weight is 280 g/mol. The molecule has 0 aliphatic rings. The van der Waals surface area contributed by atoms with E-state index in [1.54, 1.807) is 10.8 Å². The highest BCUT2D eigenvalue weighted by Crippen LogP contribution is 2.35. The lowest BCUT2D eigenvalue weighted by molar-refractivity contribution is -0.143. The molecule has 19 heavy (non-hydrogen) atoms. The molecule has 9 heteroatoms. The number of anilines is 1. The van der Waals surface area contributed by atoms with Crippen LogP contribution >= 0.6 is 0 Å². The molecule has 0 bridgehead atoms. The van der Waals surface area contributed by atoms with Gasteiger partial charge in [0.25, 0.3) is 0 Å². The van der Waals surface area contributed by atoms with Crippen molar-refractivity contribution in [3.63, 3.8) is 0 Å². The number of hydrogen-bond donors (Lipinski definition) is 2. The number of nitrogens with one attached hydrogen (secondary N) is 2. The molecule has 104 valence electrons. The monoisotopic (exact) mass is 280 g/mol. The number of carbonyl (C=O) groups is 2. The van der Waals surface area contributed by atoms with Crippen LogP contribution in [0.3, 0.4) is 0 Å². The highest BCUT2D eigenvalue weighted by atomic mass is 19.4. The first-order valence-corrected chi connectivity index (χ1v) is 4.76. The molecule has 0 aromatic heterocycles. The molecular formula is C10H8F4N2O3. The molecule has 0 aliphatic carbocycles. The van der Waals surface area contributed by atoms with Crippen LogP contribution in [0, 0.1) is 5.82 Å². The second-order valence-electron chi connectivity index (χ2n) is 3.28. The molecule has 0 radical (unpaired) electrons. The van der Waals surface area contributed by atoms with Crippen LogP contribution in [0.1, 0.15) is 5.56 Å². The molecule has 1 aromatic carbocycles. The van der Waals surface area contributed by atoms with E-state index < -0.39 is 35.1 Å². The normalized spacial score (nSPS) is 11.0. The molecule has 0 saturated heterocycles. The third-order valence-corrected chi connectivity index (χ3v) is 1.94. The molecule has 1 aromatic rings. The Labute approximate surface area is 104 Å².